The van der Waals surface area contributed by atoms with Crippen molar-refractivity contribution < 1.29 is 4.79 Å². The lowest BCUT2D eigenvalue weighted by Crippen LogP contribution is -2.06. The lowest BCUT2D eigenvalue weighted by molar-refractivity contribution is 0.102. The lowest BCUT2D eigenvalue weighted by atomic mass is 10.2. The summed E-state index contributed by atoms with van der Waals surface area (Å²) in [6, 6.07) is 21.3. The minimum Gasteiger partial charge on any atom is -0.293 e. The number of aromatic nitrogens is 5. The van der Waals surface area contributed by atoms with E-state index in [2.05, 4.69) is 15.3 Å². The van der Waals surface area contributed by atoms with Crippen molar-refractivity contribution in [2.24, 2.45) is 0 Å². The molecular formula is C22H21N5OS. The predicted octanol–water partition coefficient (Wildman–Crippen LogP) is 4.43. The molecule has 29 heavy (non-hydrogen) atoms. The van der Waals surface area contributed by atoms with Crippen LogP contribution in [0.3, 0.4) is 0 Å². The fourth-order valence-corrected chi connectivity index (χ4v) is 3.99. The van der Waals surface area contributed by atoms with Crippen molar-refractivity contribution in [3.63, 3.8) is 0 Å². The van der Waals surface area contributed by atoms with Crippen LogP contribution in [0.5, 0.6) is 0 Å². The third kappa shape index (κ3) is 4.00. The molecule has 146 valence electrons. The number of carbonyl (C=O) groups excluding carboxylic acids is 1. The van der Waals surface area contributed by atoms with E-state index in [1.54, 1.807) is 0 Å². The Morgan fingerprint density at radius 1 is 1.00 bits per heavy atom. The quantitative estimate of drug-likeness (QED) is 0.337. The summed E-state index contributed by atoms with van der Waals surface area (Å²) in [7, 11) is 0. The van der Waals surface area contributed by atoms with Crippen LogP contribution in [0.15, 0.2) is 71.9 Å². The number of nitrogens with zero attached hydrogens (tertiary/aromatic N) is 5. The van der Waals surface area contributed by atoms with Gasteiger partial charge in [0.2, 0.25) is 0 Å². The zero-order valence-corrected chi connectivity index (χ0v) is 17.1. The van der Waals surface area contributed by atoms with Gasteiger partial charge in [0.25, 0.3) is 0 Å². The van der Waals surface area contributed by atoms with Crippen molar-refractivity contribution in [1.29, 1.82) is 0 Å². The number of ketones is 1. The molecule has 2 aromatic carbocycles. The molecule has 0 unspecified atom stereocenters. The first-order chi connectivity index (χ1) is 14.2. The van der Waals surface area contributed by atoms with E-state index in [9.17, 15) is 4.79 Å². The number of thioether (sulfide) groups is 1. The van der Waals surface area contributed by atoms with Gasteiger partial charge in [-0.15, -0.1) is 10.2 Å². The first-order valence-corrected chi connectivity index (χ1v) is 10.4. The topological polar surface area (TPSA) is 65.6 Å². The normalized spacial score (nSPS) is 11.0. The summed E-state index contributed by atoms with van der Waals surface area (Å²) < 4.78 is 3.91. The van der Waals surface area contributed by atoms with E-state index in [1.807, 2.05) is 89.8 Å². The van der Waals surface area contributed by atoms with E-state index in [1.165, 1.54) is 11.8 Å². The Labute approximate surface area is 173 Å². The molecule has 0 saturated heterocycles. The van der Waals surface area contributed by atoms with Gasteiger partial charge in [0.15, 0.2) is 16.8 Å². The van der Waals surface area contributed by atoms with E-state index in [4.69, 9.17) is 0 Å². The van der Waals surface area contributed by atoms with Crippen molar-refractivity contribution >= 4 is 17.5 Å². The highest BCUT2D eigenvalue weighted by Crippen LogP contribution is 2.28. The fourth-order valence-electron chi connectivity index (χ4n) is 3.14. The molecule has 0 aliphatic rings. The second-order valence-corrected chi connectivity index (χ2v) is 7.48. The number of benzene rings is 2. The second kappa shape index (κ2) is 8.45. The predicted molar refractivity (Wildman–Crippen MR) is 114 cm³/mol. The molecule has 2 heterocycles. The lowest BCUT2D eigenvalue weighted by Gasteiger charge is -2.11. The Morgan fingerprint density at radius 3 is 2.38 bits per heavy atom. The van der Waals surface area contributed by atoms with E-state index in [0.717, 1.165) is 23.6 Å². The highest BCUT2D eigenvalue weighted by Gasteiger charge is 2.20. The number of hydrogen-bond acceptors (Lipinski definition) is 5. The Morgan fingerprint density at radius 2 is 1.69 bits per heavy atom. The maximum absolute atomic E-state index is 12.6. The first kappa shape index (κ1) is 19.1. The van der Waals surface area contributed by atoms with Crippen LogP contribution in [0, 0.1) is 6.92 Å². The van der Waals surface area contributed by atoms with Crippen molar-refractivity contribution in [3.8, 4) is 17.2 Å². The fraction of sp³-hybridized carbons (Fsp3) is 0.182. The SMILES string of the molecule is CCn1nc(C)cc1-c1nnc(SCC(=O)c2ccccc2)n1-c1ccccc1. The van der Waals surface area contributed by atoms with Crippen LogP contribution in [0.25, 0.3) is 17.2 Å². The molecule has 0 spiro atoms. The molecule has 0 aliphatic heterocycles. The van der Waals surface area contributed by atoms with E-state index < -0.39 is 0 Å². The van der Waals surface area contributed by atoms with Crippen LogP contribution < -0.4 is 0 Å². The van der Waals surface area contributed by atoms with Gasteiger partial charge in [0.1, 0.15) is 5.69 Å². The molecule has 7 heteroatoms. The van der Waals surface area contributed by atoms with E-state index in [0.29, 0.717) is 22.3 Å². The molecule has 0 fully saturated rings. The summed E-state index contributed by atoms with van der Waals surface area (Å²) >= 11 is 1.39. The maximum Gasteiger partial charge on any atom is 0.196 e. The zero-order valence-electron chi connectivity index (χ0n) is 16.3. The summed E-state index contributed by atoms with van der Waals surface area (Å²) in [6.07, 6.45) is 0. The molecule has 6 nitrogen and oxygen atoms in total. The molecule has 0 aliphatic carbocycles. The smallest absolute Gasteiger partial charge is 0.196 e. The second-order valence-electron chi connectivity index (χ2n) is 6.54. The van der Waals surface area contributed by atoms with Crippen molar-refractivity contribution in [3.05, 3.63) is 78.0 Å². The van der Waals surface area contributed by atoms with Gasteiger partial charge in [-0.1, -0.05) is 60.3 Å². The van der Waals surface area contributed by atoms with Gasteiger partial charge in [-0.25, -0.2) is 0 Å². The molecule has 4 aromatic rings. The van der Waals surface area contributed by atoms with Gasteiger partial charge in [-0.3, -0.25) is 14.0 Å². The number of para-hydroxylation sites is 1. The van der Waals surface area contributed by atoms with Crippen molar-refractivity contribution in [1.82, 2.24) is 24.5 Å². The number of aryl methyl sites for hydroxylation is 2. The molecule has 0 amide bonds. The number of hydrogen-bond donors (Lipinski definition) is 0. The molecule has 0 atom stereocenters. The van der Waals surface area contributed by atoms with Crippen molar-refractivity contribution in [2.45, 2.75) is 25.5 Å². The van der Waals surface area contributed by atoms with E-state index in [-0.39, 0.29) is 5.78 Å². The molecule has 0 radical (unpaired) electrons. The van der Waals surface area contributed by atoms with Crippen LogP contribution in [0.2, 0.25) is 0 Å². The average molecular weight is 404 g/mol. The summed E-state index contributed by atoms with van der Waals surface area (Å²) in [5.41, 5.74) is 3.48. The van der Waals surface area contributed by atoms with Gasteiger partial charge in [-0.05, 0) is 32.0 Å². The molecule has 0 N–H and O–H groups in total. The Bertz CT molecular complexity index is 1120. The minimum absolute atomic E-state index is 0.0641. The summed E-state index contributed by atoms with van der Waals surface area (Å²) in [4.78, 5) is 12.6. The van der Waals surface area contributed by atoms with Crippen LogP contribution >= 0.6 is 11.8 Å². The first-order valence-electron chi connectivity index (χ1n) is 9.44. The van der Waals surface area contributed by atoms with Gasteiger partial charge in [0.05, 0.1) is 11.4 Å². The summed E-state index contributed by atoms with van der Waals surface area (Å²) in [5.74, 6) is 1.07. The molecule has 4 rings (SSSR count). The van der Waals surface area contributed by atoms with E-state index >= 15 is 0 Å². The number of carbonyl (C=O) groups is 1. The zero-order chi connectivity index (χ0) is 20.2. The third-order valence-corrected chi connectivity index (χ3v) is 5.44. The number of Topliss-reactive ketones (excluding diaryl/α,β-unsaturated/α-hetero) is 1. The van der Waals surface area contributed by atoms with Crippen molar-refractivity contribution in [2.75, 3.05) is 5.75 Å². The largest absolute Gasteiger partial charge is 0.293 e. The minimum atomic E-state index is 0.0641. The Balaban J connectivity index is 1.71. The standard InChI is InChI=1S/C22H21N5OS/c1-3-26-19(14-16(2)25-26)21-23-24-22(27(21)18-12-8-5-9-13-18)29-15-20(28)17-10-6-4-7-11-17/h4-14H,3,15H2,1-2H3. The monoisotopic (exact) mass is 403 g/mol. The molecule has 0 bridgehead atoms. The molecular weight excluding hydrogens is 382 g/mol. The van der Waals surface area contributed by atoms with Gasteiger partial charge < -0.3 is 0 Å². The van der Waals surface area contributed by atoms with Crippen LogP contribution in [0.1, 0.15) is 23.0 Å². The van der Waals surface area contributed by atoms with Crippen LogP contribution in [-0.4, -0.2) is 36.1 Å². The summed E-state index contributed by atoms with van der Waals surface area (Å²) in [6.45, 7) is 4.75. The van der Waals surface area contributed by atoms with Crippen LogP contribution in [-0.2, 0) is 6.54 Å². The molecule has 0 saturated carbocycles. The Hall–Kier alpha value is -3.19. The highest BCUT2D eigenvalue weighted by molar-refractivity contribution is 7.99. The average Bonchev–Trinajstić information content (AvgIpc) is 3.36. The van der Waals surface area contributed by atoms with Gasteiger partial charge in [-0.2, -0.15) is 5.10 Å². The van der Waals surface area contributed by atoms with Gasteiger partial charge >= 0.3 is 0 Å². The highest BCUT2D eigenvalue weighted by atomic mass is 32.2. The maximum atomic E-state index is 12.6. The summed E-state index contributed by atoms with van der Waals surface area (Å²) in [5, 5.41) is 14.1. The molecule has 2 aromatic heterocycles. The third-order valence-electron chi connectivity index (χ3n) is 4.51. The van der Waals surface area contributed by atoms with Gasteiger partial charge in [0, 0.05) is 17.8 Å². The number of rotatable bonds is 7. The van der Waals surface area contributed by atoms with Crippen LogP contribution in [0.4, 0.5) is 0 Å². The Kier molecular flexibility index (Phi) is 5.57.